The smallest absolute Gasteiger partial charge is 0.242 e. The first-order valence-corrected chi connectivity index (χ1v) is 7.70. The molecule has 1 aromatic heterocycles. The molecule has 0 bridgehead atoms. The van der Waals surface area contributed by atoms with Gasteiger partial charge in [-0.3, -0.25) is 4.98 Å². The van der Waals surface area contributed by atoms with Crippen LogP contribution in [-0.2, 0) is 16.6 Å². The fourth-order valence-corrected chi connectivity index (χ4v) is 2.35. The van der Waals surface area contributed by atoms with Crippen molar-refractivity contribution in [1.82, 2.24) is 14.6 Å². The van der Waals surface area contributed by atoms with Crippen LogP contribution in [0.2, 0.25) is 0 Å². The van der Waals surface area contributed by atoms with Crippen LogP contribution in [0.3, 0.4) is 0 Å². The molecular formula is C12H22N4O2S. The summed E-state index contributed by atoms with van der Waals surface area (Å²) >= 11 is 0. The van der Waals surface area contributed by atoms with Gasteiger partial charge in [0.1, 0.15) is 4.90 Å². The molecule has 0 amide bonds. The molecule has 0 atom stereocenters. The zero-order valence-electron chi connectivity index (χ0n) is 11.6. The Bertz CT molecular complexity index is 485. The molecule has 1 aromatic rings. The molecule has 1 heterocycles. The molecule has 0 fully saturated rings. The van der Waals surface area contributed by atoms with Gasteiger partial charge in [0.05, 0.1) is 5.69 Å². The van der Waals surface area contributed by atoms with E-state index in [0.717, 1.165) is 0 Å². The molecule has 0 spiro atoms. The summed E-state index contributed by atoms with van der Waals surface area (Å²) in [6.07, 6.45) is 1.33. The van der Waals surface area contributed by atoms with Gasteiger partial charge in [0.25, 0.3) is 0 Å². The van der Waals surface area contributed by atoms with Crippen LogP contribution >= 0.6 is 0 Å². The maximum Gasteiger partial charge on any atom is 0.242 e. The van der Waals surface area contributed by atoms with Crippen LogP contribution in [0, 0.1) is 0 Å². The van der Waals surface area contributed by atoms with E-state index in [9.17, 15) is 8.42 Å². The number of pyridine rings is 1. The lowest BCUT2D eigenvalue weighted by Gasteiger charge is -2.20. The Morgan fingerprint density at radius 2 is 2.11 bits per heavy atom. The number of sulfonamides is 1. The van der Waals surface area contributed by atoms with Crippen molar-refractivity contribution >= 4 is 10.0 Å². The first kappa shape index (κ1) is 16.0. The van der Waals surface area contributed by atoms with E-state index >= 15 is 0 Å². The molecular weight excluding hydrogens is 264 g/mol. The summed E-state index contributed by atoms with van der Waals surface area (Å²) in [6, 6.07) is 3.52. The summed E-state index contributed by atoms with van der Waals surface area (Å²) in [5.41, 5.74) is 6.08. The Balaban J connectivity index is 2.60. The van der Waals surface area contributed by atoms with Gasteiger partial charge in [0, 0.05) is 31.9 Å². The molecule has 0 aliphatic rings. The minimum absolute atomic E-state index is 0.164. The maximum absolute atomic E-state index is 12.0. The van der Waals surface area contributed by atoms with Gasteiger partial charge in [-0.25, -0.2) is 13.1 Å². The van der Waals surface area contributed by atoms with Crippen molar-refractivity contribution in [2.24, 2.45) is 5.73 Å². The van der Waals surface area contributed by atoms with E-state index in [-0.39, 0.29) is 4.90 Å². The van der Waals surface area contributed by atoms with Gasteiger partial charge in [-0.1, -0.05) is 0 Å². The zero-order valence-corrected chi connectivity index (χ0v) is 12.4. The summed E-state index contributed by atoms with van der Waals surface area (Å²) in [5.74, 6) is 0. The van der Waals surface area contributed by atoms with E-state index in [1.165, 1.54) is 12.3 Å². The van der Waals surface area contributed by atoms with Gasteiger partial charge in [-0.15, -0.1) is 0 Å². The number of aromatic nitrogens is 1. The molecule has 0 aromatic carbocycles. The number of likely N-dealkylation sites (N-methyl/N-ethyl adjacent to an activating group) is 1. The highest BCUT2D eigenvalue weighted by atomic mass is 32.2. The predicted octanol–water partition coefficient (Wildman–Crippen LogP) is 0.159. The van der Waals surface area contributed by atoms with Crippen LogP contribution in [0.25, 0.3) is 0 Å². The van der Waals surface area contributed by atoms with Crippen LogP contribution in [0.15, 0.2) is 23.2 Å². The SMILES string of the molecule is CC(C)N(C)CCNS(=O)(=O)c1ccc(CN)nc1. The van der Waals surface area contributed by atoms with E-state index in [0.29, 0.717) is 31.4 Å². The second kappa shape index (κ2) is 6.95. The molecule has 1 rings (SSSR count). The first-order valence-electron chi connectivity index (χ1n) is 6.21. The predicted molar refractivity (Wildman–Crippen MR) is 75.1 cm³/mol. The Labute approximate surface area is 115 Å². The third-order valence-corrected chi connectivity index (χ3v) is 4.40. The Hall–Kier alpha value is -1.02. The Morgan fingerprint density at radius 1 is 1.42 bits per heavy atom. The van der Waals surface area contributed by atoms with Gasteiger partial charge in [0.2, 0.25) is 10.0 Å². The highest BCUT2D eigenvalue weighted by Crippen LogP contribution is 2.07. The van der Waals surface area contributed by atoms with Crippen molar-refractivity contribution in [3.63, 3.8) is 0 Å². The Morgan fingerprint density at radius 3 is 2.58 bits per heavy atom. The molecule has 0 saturated heterocycles. The lowest BCUT2D eigenvalue weighted by atomic mass is 10.3. The average Bonchev–Trinajstić information content (AvgIpc) is 2.38. The molecule has 19 heavy (non-hydrogen) atoms. The van der Waals surface area contributed by atoms with Gasteiger partial charge in [0.15, 0.2) is 0 Å². The van der Waals surface area contributed by atoms with Gasteiger partial charge in [-0.05, 0) is 33.0 Å². The van der Waals surface area contributed by atoms with Crippen molar-refractivity contribution in [2.45, 2.75) is 31.3 Å². The quantitative estimate of drug-likeness (QED) is 0.745. The second-order valence-corrected chi connectivity index (χ2v) is 6.43. The Kier molecular flexibility index (Phi) is 5.86. The van der Waals surface area contributed by atoms with Crippen molar-refractivity contribution < 1.29 is 8.42 Å². The molecule has 0 saturated carbocycles. The van der Waals surface area contributed by atoms with Crippen molar-refractivity contribution in [3.05, 3.63) is 24.0 Å². The molecule has 0 aliphatic carbocycles. The van der Waals surface area contributed by atoms with Crippen molar-refractivity contribution in [2.75, 3.05) is 20.1 Å². The van der Waals surface area contributed by atoms with E-state index in [1.54, 1.807) is 6.07 Å². The van der Waals surface area contributed by atoms with Crippen molar-refractivity contribution in [3.8, 4) is 0 Å². The van der Waals surface area contributed by atoms with Crippen LogP contribution in [0.4, 0.5) is 0 Å². The van der Waals surface area contributed by atoms with Gasteiger partial charge >= 0.3 is 0 Å². The average molecular weight is 286 g/mol. The summed E-state index contributed by atoms with van der Waals surface area (Å²) in [7, 11) is -1.53. The minimum atomic E-state index is -3.49. The monoisotopic (exact) mass is 286 g/mol. The number of hydrogen-bond acceptors (Lipinski definition) is 5. The van der Waals surface area contributed by atoms with Crippen LogP contribution in [0.1, 0.15) is 19.5 Å². The molecule has 0 radical (unpaired) electrons. The normalized spacial score (nSPS) is 12.3. The fourth-order valence-electron chi connectivity index (χ4n) is 1.39. The largest absolute Gasteiger partial charge is 0.325 e. The van der Waals surface area contributed by atoms with Gasteiger partial charge in [-0.2, -0.15) is 0 Å². The number of nitrogens with zero attached hydrogens (tertiary/aromatic N) is 2. The number of hydrogen-bond donors (Lipinski definition) is 2. The van der Waals surface area contributed by atoms with Crippen LogP contribution in [0.5, 0.6) is 0 Å². The molecule has 0 unspecified atom stereocenters. The third-order valence-electron chi connectivity index (χ3n) is 2.96. The van der Waals surface area contributed by atoms with E-state index < -0.39 is 10.0 Å². The summed E-state index contributed by atoms with van der Waals surface area (Å²) in [4.78, 5) is 6.21. The van der Waals surface area contributed by atoms with Crippen LogP contribution < -0.4 is 10.5 Å². The van der Waals surface area contributed by atoms with Gasteiger partial charge < -0.3 is 10.6 Å². The minimum Gasteiger partial charge on any atom is -0.325 e. The first-order chi connectivity index (χ1) is 8.86. The molecule has 3 N–H and O–H groups in total. The lowest BCUT2D eigenvalue weighted by molar-refractivity contribution is 0.278. The van der Waals surface area contributed by atoms with E-state index in [2.05, 4.69) is 28.5 Å². The molecule has 7 heteroatoms. The topological polar surface area (TPSA) is 88.3 Å². The van der Waals surface area contributed by atoms with Crippen LogP contribution in [-0.4, -0.2) is 44.5 Å². The number of nitrogens with one attached hydrogen (secondary N) is 1. The molecule has 6 nitrogen and oxygen atoms in total. The van der Waals surface area contributed by atoms with Crippen molar-refractivity contribution in [1.29, 1.82) is 0 Å². The zero-order chi connectivity index (χ0) is 14.5. The summed E-state index contributed by atoms with van der Waals surface area (Å²) in [6.45, 7) is 5.45. The van der Waals surface area contributed by atoms with E-state index in [1.807, 2.05) is 7.05 Å². The number of nitrogens with two attached hydrogens (primary N) is 1. The molecule has 108 valence electrons. The summed E-state index contributed by atoms with van der Waals surface area (Å²) in [5, 5.41) is 0. The highest BCUT2D eigenvalue weighted by Gasteiger charge is 2.14. The maximum atomic E-state index is 12.0. The fraction of sp³-hybridized carbons (Fsp3) is 0.583. The second-order valence-electron chi connectivity index (χ2n) is 4.66. The third kappa shape index (κ3) is 4.87. The highest BCUT2D eigenvalue weighted by molar-refractivity contribution is 7.89. The molecule has 0 aliphatic heterocycles. The summed E-state index contributed by atoms with van der Waals surface area (Å²) < 4.78 is 26.5. The standard InChI is InChI=1S/C12H22N4O2S/c1-10(2)16(3)7-6-15-19(17,18)12-5-4-11(8-13)14-9-12/h4-5,9-10,15H,6-8,13H2,1-3H3. The lowest BCUT2D eigenvalue weighted by Crippen LogP contribution is -2.36. The van der Waals surface area contributed by atoms with E-state index in [4.69, 9.17) is 5.73 Å². The number of rotatable bonds is 7.